The molecular formula is C84H161NO8P+. The van der Waals surface area contributed by atoms with Crippen LogP contribution in [0.3, 0.4) is 0 Å². The molecule has 0 heterocycles. The number of phosphoric acid groups is 1. The van der Waals surface area contributed by atoms with Crippen LogP contribution in [0.4, 0.5) is 0 Å². The molecule has 0 fully saturated rings. The van der Waals surface area contributed by atoms with Crippen molar-refractivity contribution in [2.24, 2.45) is 0 Å². The van der Waals surface area contributed by atoms with Crippen LogP contribution in [0.5, 0.6) is 0 Å². The van der Waals surface area contributed by atoms with Crippen molar-refractivity contribution in [3.63, 3.8) is 0 Å². The number of carbonyl (C=O) groups excluding carboxylic acids is 2. The van der Waals surface area contributed by atoms with Gasteiger partial charge in [0.1, 0.15) is 19.8 Å². The second-order valence-corrected chi connectivity index (χ2v) is 31.0. The van der Waals surface area contributed by atoms with Gasteiger partial charge in [-0.15, -0.1) is 0 Å². The first-order chi connectivity index (χ1) is 46.0. The maximum atomic E-state index is 12.9. The predicted octanol–water partition coefficient (Wildman–Crippen LogP) is 27.5. The lowest BCUT2D eigenvalue weighted by Gasteiger charge is -2.24. The summed E-state index contributed by atoms with van der Waals surface area (Å²) in [6.45, 7) is 4.49. The van der Waals surface area contributed by atoms with Crippen LogP contribution in [0, 0.1) is 0 Å². The summed E-state index contributed by atoms with van der Waals surface area (Å²) >= 11 is 0. The zero-order valence-corrected chi connectivity index (χ0v) is 64.4. The molecule has 0 radical (unpaired) electrons. The average molecular weight is 1340 g/mol. The molecule has 0 spiro atoms. The Balaban J connectivity index is 3.87. The van der Waals surface area contributed by atoms with Crippen molar-refractivity contribution in [2.75, 3.05) is 47.5 Å². The minimum Gasteiger partial charge on any atom is -0.462 e. The van der Waals surface area contributed by atoms with Gasteiger partial charge in [-0.3, -0.25) is 18.6 Å². The largest absolute Gasteiger partial charge is 0.472 e. The molecule has 0 saturated heterocycles. The quantitative estimate of drug-likeness (QED) is 0.0211. The summed E-state index contributed by atoms with van der Waals surface area (Å²) in [6, 6.07) is 0. The third-order valence-corrected chi connectivity index (χ3v) is 19.8. The maximum Gasteiger partial charge on any atom is 0.472 e. The first kappa shape index (κ1) is 92.0. The number of unbranched alkanes of at least 4 members (excludes halogenated alkanes) is 56. The Morgan fingerprint density at radius 1 is 0.330 bits per heavy atom. The Kier molecular flexibility index (Phi) is 73.6. The highest BCUT2D eigenvalue weighted by atomic mass is 31.2. The number of phosphoric ester groups is 1. The molecule has 0 aromatic heterocycles. The molecule has 2 unspecified atom stereocenters. The van der Waals surface area contributed by atoms with E-state index in [0.29, 0.717) is 23.9 Å². The van der Waals surface area contributed by atoms with E-state index in [-0.39, 0.29) is 25.6 Å². The standard InChI is InChI=1S/C84H160NO8P/c1-6-8-10-12-14-16-18-20-22-24-26-28-30-32-34-36-37-38-39-40-41-42-43-44-45-46-47-49-50-52-54-56-58-60-62-64-66-68-70-72-74-76-83(86)90-80-82(81-92-94(88,89)91-79-78-85(3,4)5)93-84(87)77-75-73-71-69-67-65-63-61-59-57-55-53-51-48-35-33-31-29-27-25-23-21-19-17-15-13-11-9-7-2/h19,21,24-27,31,33,82H,6-18,20,22-23,28-30,32,34-81H2,1-5H3/p+1/b21-19-,26-24-,27-25-,33-31-. The molecule has 554 valence electrons. The maximum absolute atomic E-state index is 12.9. The van der Waals surface area contributed by atoms with E-state index >= 15 is 0 Å². The van der Waals surface area contributed by atoms with Gasteiger partial charge in [-0.1, -0.05) is 383 Å². The van der Waals surface area contributed by atoms with Crippen molar-refractivity contribution in [1.29, 1.82) is 0 Å². The Morgan fingerprint density at radius 3 is 0.862 bits per heavy atom. The number of hydrogen-bond donors (Lipinski definition) is 1. The van der Waals surface area contributed by atoms with Gasteiger partial charge in [0.05, 0.1) is 27.7 Å². The molecule has 0 aromatic carbocycles. The molecule has 94 heavy (non-hydrogen) atoms. The molecule has 10 heteroatoms. The normalized spacial score (nSPS) is 13.2. The van der Waals surface area contributed by atoms with E-state index in [9.17, 15) is 19.0 Å². The van der Waals surface area contributed by atoms with Crippen molar-refractivity contribution >= 4 is 19.8 Å². The zero-order chi connectivity index (χ0) is 68.3. The Bertz CT molecular complexity index is 1720. The lowest BCUT2D eigenvalue weighted by atomic mass is 10.0. The highest BCUT2D eigenvalue weighted by Gasteiger charge is 2.27. The number of rotatable bonds is 78. The first-order valence-corrected chi connectivity index (χ1v) is 42.9. The van der Waals surface area contributed by atoms with Crippen molar-refractivity contribution < 1.29 is 42.1 Å². The van der Waals surface area contributed by atoms with Crippen LogP contribution >= 0.6 is 7.82 Å². The number of nitrogens with zero attached hydrogens (tertiary/aromatic N) is 1. The number of esters is 2. The number of ether oxygens (including phenoxy) is 2. The minimum absolute atomic E-state index is 0.0335. The van der Waals surface area contributed by atoms with E-state index in [1.54, 1.807) is 0 Å². The van der Waals surface area contributed by atoms with Crippen LogP contribution < -0.4 is 0 Å². The van der Waals surface area contributed by atoms with Crippen LogP contribution in [0.25, 0.3) is 0 Å². The van der Waals surface area contributed by atoms with Crippen LogP contribution in [-0.2, 0) is 32.7 Å². The van der Waals surface area contributed by atoms with E-state index in [4.69, 9.17) is 18.5 Å². The molecule has 1 N–H and O–H groups in total. The molecule has 0 amide bonds. The summed E-state index contributed by atoms with van der Waals surface area (Å²) in [5, 5.41) is 0. The monoisotopic (exact) mass is 1340 g/mol. The zero-order valence-electron chi connectivity index (χ0n) is 63.5. The molecule has 9 nitrogen and oxygen atoms in total. The van der Waals surface area contributed by atoms with Gasteiger partial charge in [0, 0.05) is 12.8 Å². The molecule has 0 bridgehead atoms. The van der Waals surface area contributed by atoms with E-state index in [1.165, 1.54) is 347 Å². The number of likely N-dealkylation sites (N-methyl/N-ethyl adjacent to an activating group) is 1. The van der Waals surface area contributed by atoms with Gasteiger partial charge in [0.25, 0.3) is 0 Å². The summed E-state index contributed by atoms with van der Waals surface area (Å²) in [7, 11) is 1.50. The lowest BCUT2D eigenvalue weighted by molar-refractivity contribution is -0.870. The Hall–Kier alpha value is -2.03. The highest BCUT2D eigenvalue weighted by Crippen LogP contribution is 2.43. The lowest BCUT2D eigenvalue weighted by Crippen LogP contribution is -2.37. The van der Waals surface area contributed by atoms with Crippen molar-refractivity contribution in [2.45, 2.75) is 431 Å². The fraction of sp³-hybridized carbons (Fsp3) is 0.881. The topological polar surface area (TPSA) is 108 Å². The second kappa shape index (κ2) is 75.2. The number of allylic oxidation sites excluding steroid dienone is 8. The molecule has 0 aliphatic heterocycles. The molecule has 0 aliphatic rings. The van der Waals surface area contributed by atoms with E-state index in [2.05, 4.69) is 62.5 Å². The third-order valence-electron chi connectivity index (χ3n) is 18.8. The van der Waals surface area contributed by atoms with E-state index in [0.717, 1.165) is 44.9 Å². The second-order valence-electron chi connectivity index (χ2n) is 29.5. The van der Waals surface area contributed by atoms with E-state index in [1.807, 2.05) is 21.1 Å². The Morgan fingerprint density at radius 2 is 0.574 bits per heavy atom. The molecule has 0 rings (SSSR count). The molecule has 2 atom stereocenters. The molecule has 0 aromatic rings. The van der Waals surface area contributed by atoms with Crippen LogP contribution in [0.2, 0.25) is 0 Å². The van der Waals surface area contributed by atoms with Crippen LogP contribution in [0.15, 0.2) is 48.6 Å². The fourth-order valence-electron chi connectivity index (χ4n) is 12.5. The van der Waals surface area contributed by atoms with Gasteiger partial charge in [-0.25, -0.2) is 4.57 Å². The number of hydrogen-bond acceptors (Lipinski definition) is 7. The van der Waals surface area contributed by atoms with Gasteiger partial charge in [-0.05, 0) is 77.0 Å². The molecule has 0 aliphatic carbocycles. The summed E-state index contributed by atoms with van der Waals surface area (Å²) in [4.78, 5) is 36.0. The van der Waals surface area contributed by atoms with Gasteiger partial charge in [0.2, 0.25) is 0 Å². The first-order valence-electron chi connectivity index (χ1n) is 41.4. The number of carbonyl (C=O) groups is 2. The van der Waals surface area contributed by atoms with E-state index < -0.39 is 26.5 Å². The average Bonchev–Trinajstić information content (AvgIpc) is 1.65. The van der Waals surface area contributed by atoms with Crippen molar-refractivity contribution in [3.05, 3.63) is 48.6 Å². The van der Waals surface area contributed by atoms with Crippen LogP contribution in [-0.4, -0.2) is 74.9 Å². The van der Waals surface area contributed by atoms with Gasteiger partial charge < -0.3 is 18.9 Å². The van der Waals surface area contributed by atoms with Gasteiger partial charge in [0.15, 0.2) is 6.10 Å². The fourth-order valence-corrected chi connectivity index (χ4v) is 13.2. The summed E-state index contributed by atoms with van der Waals surface area (Å²) < 4.78 is 34.8. The molecular weight excluding hydrogens is 1180 g/mol. The highest BCUT2D eigenvalue weighted by molar-refractivity contribution is 7.47. The number of quaternary nitrogens is 1. The molecule has 0 saturated carbocycles. The van der Waals surface area contributed by atoms with Crippen molar-refractivity contribution in [1.82, 2.24) is 0 Å². The predicted molar refractivity (Wildman–Crippen MR) is 409 cm³/mol. The van der Waals surface area contributed by atoms with Gasteiger partial charge in [-0.2, -0.15) is 0 Å². The smallest absolute Gasteiger partial charge is 0.462 e. The minimum atomic E-state index is -4.39. The Labute approximate surface area is 585 Å². The van der Waals surface area contributed by atoms with Crippen molar-refractivity contribution in [3.8, 4) is 0 Å². The van der Waals surface area contributed by atoms with Crippen LogP contribution in [0.1, 0.15) is 425 Å². The third kappa shape index (κ3) is 79.0. The van der Waals surface area contributed by atoms with Gasteiger partial charge >= 0.3 is 19.8 Å². The summed E-state index contributed by atoms with van der Waals surface area (Å²) in [5.41, 5.74) is 0. The summed E-state index contributed by atoms with van der Waals surface area (Å²) in [6.07, 6.45) is 99.9. The summed E-state index contributed by atoms with van der Waals surface area (Å²) in [5.74, 6) is -0.776. The SMILES string of the molecule is CCCCCCC/C=C\C/C=C\C/C=C\CCCCCCCCCCCCCCCCC(=O)OC(COC(=O)CCCCCCCCCCCCCCCCCCCCCCCCCCCCCCC/C=C\CCCCCCCCCC)COP(=O)(O)OCC[N+](C)(C)C.